The molecule has 0 amide bonds. The van der Waals surface area contributed by atoms with Crippen molar-refractivity contribution in [2.45, 2.75) is 26.1 Å². The standard InChI is InChI=1S/C15H21NO3/c1-14(19-12-10-16-17)7-5-6-11-18-13-15-8-3-2-4-9-15/h2-6,8-10,14,17H,7,11-13H2,1H3/b6-5-,16-10+/t14-/m0/s1. The maximum Gasteiger partial charge on any atom is 0.0855 e. The first-order valence-corrected chi connectivity index (χ1v) is 6.37. The monoisotopic (exact) mass is 263 g/mol. The molecule has 0 radical (unpaired) electrons. The number of rotatable bonds is 9. The van der Waals surface area contributed by atoms with Gasteiger partial charge in [-0.05, 0) is 18.9 Å². The maximum absolute atomic E-state index is 8.21. The van der Waals surface area contributed by atoms with Crippen molar-refractivity contribution in [2.75, 3.05) is 13.2 Å². The molecule has 0 aliphatic heterocycles. The summed E-state index contributed by atoms with van der Waals surface area (Å²) in [6.07, 6.45) is 6.26. The average molecular weight is 263 g/mol. The highest BCUT2D eigenvalue weighted by Crippen LogP contribution is 2.01. The van der Waals surface area contributed by atoms with E-state index in [1.54, 1.807) is 0 Å². The highest BCUT2D eigenvalue weighted by molar-refractivity contribution is 5.57. The largest absolute Gasteiger partial charge is 0.411 e. The van der Waals surface area contributed by atoms with Crippen molar-refractivity contribution in [3.8, 4) is 0 Å². The Morgan fingerprint density at radius 2 is 2.00 bits per heavy atom. The fourth-order valence-corrected chi connectivity index (χ4v) is 1.48. The van der Waals surface area contributed by atoms with E-state index in [4.69, 9.17) is 14.7 Å². The van der Waals surface area contributed by atoms with Gasteiger partial charge in [0.25, 0.3) is 0 Å². The van der Waals surface area contributed by atoms with Crippen molar-refractivity contribution in [3.63, 3.8) is 0 Å². The van der Waals surface area contributed by atoms with Crippen molar-refractivity contribution in [3.05, 3.63) is 48.0 Å². The van der Waals surface area contributed by atoms with Gasteiger partial charge in [0.15, 0.2) is 0 Å². The summed E-state index contributed by atoms with van der Waals surface area (Å²) in [6.45, 7) is 3.53. The first-order chi connectivity index (χ1) is 9.33. The molecule has 0 aromatic heterocycles. The van der Waals surface area contributed by atoms with E-state index in [-0.39, 0.29) is 6.10 Å². The van der Waals surface area contributed by atoms with Gasteiger partial charge in [0.2, 0.25) is 0 Å². The van der Waals surface area contributed by atoms with Gasteiger partial charge in [-0.15, -0.1) is 0 Å². The number of hydrogen-bond acceptors (Lipinski definition) is 4. The fraction of sp³-hybridized carbons (Fsp3) is 0.400. The van der Waals surface area contributed by atoms with Crippen LogP contribution in [0.5, 0.6) is 0 Å². The summed E-state index contributed by atoms with van der Waals surface area (Å²) in [5.41, 5.74) is 1.18. The van der Waals surface area contributed by atoms with E-state index in [0.717, 1.165) is 6.42 Å². The highest BCUT2D eigenvalue weighted by Gasteiger charge is 1.97. The lowest BCUT2D eigenvalue weighted by molar-refractivity contribution is 0.0986. The third kappa shape index (κ3) is 8.13. The van der Waals surface area contributed by atoms with Crippen LogP contribution < -0.4 is 0 Å². The Morgan fingerprint density at radius 3 is 2.74 bits per heavy atom. The molecule has 1 atom stereocenters. The van der Waals surface area contributed by atoms with Gasteiger partial charge in [-0.25, -0.2) is 0 Å². The van der Waals surface area contributed by atoms with Gasteiger partial charge < -0.3 is 14.7 Å². The molecule has 0 spiro atoms. The zero-order chi connectivity index (χ0) is 13.8. The molecule has 0 fully saturated rings. The van der Waals surface area contributed by atoms with Crippen LogP contribution in [0, 0.1) is 0 Å². The Hall–Kier alpha value is -1.65. The minimum atomic E-state index is 0.100. The molecule has 0 bridgehead atoms. The molecule has 1 aromatic carbocycles. The summed E-state index contributed by atoms with van der Waals surface area (Å²) >= 11 is 0. The molecule has 0 aliphatic carbocycles. The molecule has 104 valence electrons. The van der Waals surface area contributed by atoms with Crippen molar-refractivity contribution < 1.29 is 14.7 Å². The second-order valence-electron chi connectivity index (χ2n) is 4.15. The average Bonchev–Trinajstić information content (AvgIpc) is 2.44. The van der Waals surface area contributed by atoms with E-state index in [9.17, 15) is 0 Å². The smallest absolute Gasteiger partial charge is 0.0855 e. The molecule has 1 N–H and O–H groups in total. The van der Waals surface area contributed by atoms with E-state index in [2.05, 4.69) is 5.16 Å². The van der Waals surface area contributed by atoms with Crippen LogP contribution in [-0.2, 0) is 16.1 Å². The molecule has 0 heterocycles. The predicted molar refractivity (Wildman–Crippen MR) is 75.5 cm³/mol. The molecular formula is C15H21NO3. The maximum atomic E-state index is 8.21. The number of nitrogens with zero attached hydrogens (tertiary/aromatic N) is 1. The lowest BCUT2D eigenvalue weighted by atomic mass is 10.2. The van der Waals surface area contributed by atoms with Gasteiger partial charge in [0, 0.05) is 0 Å². The molecular weight excluding hydrogens is 242 g/mol. The van der Waals surface area contributed by atoms with Crippen molar-refractivity contribution in [1.82, 2.24) is 0 Å². The molecule has 4 nitrogen and oxygen atoms in total. The molecule has 0 saturated heterocycles. The van der Waals surface area contributed by atoms with E-state index in [1.807, 2.05) is 49.4 Å². The van der Waals surface area contributed by atoms with Gasteiger partial charge in [-0.2, -0.15) is 0 Å². The summed E-state index contributed by atoms with van der Waals surface area (Å²) in [5, 5.41) is 11.1. The minimum Gasteiger partial charge on any atom is -0.411 e. The summed E-state index contributed by atoms with van der Waals surface area (Å²) in [7, 11) is 0. The topological polar surface area (TPSA) is 51.0 Å². The Morgan fingerprint density at radius 1 is 1.21 bits per heavy atom. The highest BCUT2D eigenvalue weighted by atomic mass is 16.5. The number of ether oxygens (including phenoxy) is 2. The lowest BCUT2D eigenvalue weighted by Gasteiger charge is -2.07. The van der Waals surface area contributed by atoms with Gasteiger partial charge >= 0.3 is 0 Å². The van der Waals surface area contributed by atoms with Gasteiger partial charge in [0.05, 0.1) is 32.1 Å². The Balaban J connectivity index is 2.04. The van der Waals surface area contributed by atoms with Gasteiger partial charge in [0.1, 0.15) is 0 Å². The summed E-state index contributed by atoms with van der Waals surface area (Å²) < 4.78 is 10.9. The van der Waals surface area contributed by atoms with Crippen LogP contribution in [0.15, 0.2) is 47.6 Å². The van der Waals surface area contributed by atoms with Crippen molar-refractivity contribution in [2.24, 2.45) is 5.16 Å². The van der Waals surface area contributed by atoms with E-state index >= 15 is 0 Å². The molecule has 0 saturated carbocycles. The summed E-state index contributed by atoms with van der Waals surface area (Å²) in [4.78, 5) is 0. The molecule has 1 rings (SSSR count). The predicted octanol–water partition coefficient (Wildman–Crippen LogP) is 3.01. The van der Waals surface area contributed by atoms with Crippen LogP contribution in [-0.4, -0.2) is 30.7 Å². The second-order valence-corrected chi connectivity index (χ2v) is 4.15. The van der Waals surface area contributed by atoms with Crippen molar-refractivity contribution >= 4 is 6.21 Å². The second kappa shape index (κ2) is 10.3. The Bertz CT molecular complexity index is 376. The van der Waals surface area contributed by atoms with E-state index < -0.39 is 0 Å². The molecule has 19 heavy (non-hydrogen) atoms. The molecule has 4 heteroatoms. The first-order valence-electron chi connectivity index (χ1n) is 6.37. The quantitative estimate of drug-likeness (QED) is 0.245. The van der Waals surface area contributed by atoms with Crippen LogP contribution in [0.25, 0.3) is 0 Å². The molecule has 0 aliphatic rings. The summed E-state index contributed by atoms with van der Waals surface area (Å²) in [5.74, 6) is 0. The zero-order valence-corrected chi connectivity index (χ0v) is 11.2. The van der Waals surface area contributed by atoms with Crippen LogP contribution in [0.2, 0.25) is 0 Å². The number of oxime groups is 1. The van der Waals surface area contributed by atoms with E-state index in [1.165, 1.54) is 11.8 Å². The SMILES string of the molecule is C[C@@H](C/C=C\COCc1ccccc1)OC/C=N/O. The fourth-order valence-electron chi connectivity index (χ4n) is 1.48. The number of benzene rings is 1. The van der Waals surface area contributed by atoms with Crippen LogP contribution in [0.3, 0.4) is 0 Å². The molecule has 0 unspecified atom stereocenters. The third-order valence-electron chi connectivity index (χ3n) is 2.50. The first kappa shape index (κ1) is 15.4. The van der Waals surface area contributed by atoms with Crippen LogP contribution >= 0.6 is 0 Å². The lowest BCUT2D eigenvalue weighted by Crippen LogP contribution is -2.08. The Labute approximate surface area is 114 Å². The summed E-state index contributed by atoms with van der Waals surface area (Å²) in [6, 6.07) is 10.1. The van der Waals surface area contributed by atoms with Crippen molar-refractivity contribution in [1.29, 1.82) is 0 Å². The molecule has 1 aromatic rings. The minimum absolute atomic E-state index is 0.100. The van der Waals surface area contributed by atoms with E-state index in [0.29, 0.717) is 19.8 Å². The van der Waals surface area contributed by atoms with Gasteiger partial charge in [-0.3, -0.25) is 0 Å². The Kier molecular flexibility index (Phi) is 8.34. The van der Waals surface area contributed by atoms with Crippen LogP contribution in [0.4, 0.5) is 0 Å². The normalized spacial score (nSPS) is 13.3. The van der Waals surface area contributed by atoms with Gasteiger partial charge in [-0.1, -0.05) is 47.6 Å². The number of hydrogen-bond donors (Lipinski definition) is 1. The zero-order valence-electron chi connectivity index (χ0n) is 11.2. The van der Waals surface area contributed by atoms with Crippen LogP contribution in [0.1, 0.15) is 18.9 Å². The third-order valence-corrected chi connectivity index (χ3v) is 2.50.